The lowest BCUT2D eigenvalue weighted by atomic mass is 10.1. The summed E-state index contributed by atoms with van der Waals surface area (Å²) in [6.07, 6.45) is 2.84. The van der Waals surface area contributed by atoms with Gasteiger partial charge in [-0.05, 0) is 45.7 Å². The molecule has 14 heteroatoms. The number of hydrogen-bond donors (Lipinski definition) is 3. The van der Waals surface area contributed by atoms with E-state index in [1.165, 1.54) is 17.6 Å². The molecule has 2 fully saturated rings. The zero-order valence-corrected chi connectivity index (χ0v) is 21.5. The summed E-state index contributed by atoms with van der Waals surface area (Å²) in [4.78, 5) is 42.6. The summed E-state index contributed by atoms with van der Waals surface area (Å²) in [7, 11) is 1.48. The van der Waals surface area contributed by atoms with Crippen LogP contribution in [0.1, 0.15) is 44.1 Å². The molecular weight excluding hydrogens is 494 g/mol. The van der Waals surface area contributed by atoms with E-state index < -0.39 is 11.5 Å². The van der Waals surface area contributed by atoms with Gasteiger partial charge >= 0.3 is 6.09 Å². The molecular formula is C24H29N9O5. The molecule has 38 heavy (non-hydrogen) atoms. The number of hydrogen-bond acceptors (Lipinski definition) is 10. The fraction of sp³-hybridized carbons (Fsp3) is 0.458. The summed E-state index contributed by atoms with van der Waals surface area (Å²) < 4.78 is 12.9. The zero-order chi connectivity index (χ0) is 27.0. The van der Waals surface area contributed by atoms with Crippen LogP contribution in [-0.2, 0) is 9.53 Å². The fourth-order valence-electron chi connectivity index (χ4n) is 3.70. The molecule has 0 bridgehead atoms. The average molecular weight is 524 g/mol. The van der Waals surface area contributed by atoms with Gasteiger partial charge in [0.05, 0.1) is 25.0 Å². The minimum atomic E-state index is -0.549. The maximum atomic E-state index is 12.3. The first-order valence-corrected chi connectivity index (χ1v) is 12.3. The fourth-order valence-corrected chi connectivity index (χ4v) is 3.70. The minimum Gasteiger partial charge on any atom is -0.485 e. The molecule has 1 saturated heterocycles. The van der Waals surface area contributed by atoms with E-state index >= 15 is 0 Å². The number of nitrogens with one attached hydrogen (secondary N) is 3. The van der Waals surface area contributed by atoms with Gasteiger partial charge in [-0.1, -0.05) is 0 Å². The van der Waals surface area contributed by atoms with Crippen molar-refractivity contribution in [2.75, 3.05) is 30.8 Å². The number of amides is 3. The number of carbonyl (C=O) groups excluding carboxylic acids is 3. The van der Waals surface area contributed by atoms with E-state index in [9.17, 15) is 14.4 Å². The number of fused-ring (bicyclic) bond motifs is 1. The quantitative estimate of drug-likeness (QED) is 0.417. The number of nitrogens with zero attached hydrogens (tertiary/aromatic N) is 6. The van der Waals surface area contributed by atoms with Crippen LogP contribution in [0.5, 0.6) is 5.75 Å². The summed E-state index contributed by atoms with van der Waals surface area (Å²) >= 11 is 0. The topological polar surface area (TPSA) is 165 Å². The number of pyridine rings is 1. The molecule has 3 aromatic rings. The number of rotatable bonds is 7. The van der Waals surface area contributed by atoms with Crippen molar-refractivity contribution in [3.05, 3.63) is 30.1 Å². The largest absolute Gasteiger partial charge is 0.485 e. The van der Waals surface area contributed by atoms with Gasteiger partial charge in [0.2, 0.25) is 11.9 Å². The minimum absolute atomic E-state index is 0.0105. The van der Waals surface area contributed by atoms with E-state index in [1.54, 1.807) is 23.2 Å². The van der Waals surface area contributed by atoms with Crippen LogP contribution in [0.25, 0.3) is 5.65 Å². The smallest absolute Gasteiger partial charge is 0.410 e. The highest BCUT2D eigenvalue weighted by atomic mass is 16.6. The van der Waals surface area contributed by atoms with Gasteiger partial charge in [0.25, 0.3) is 5.91 Å². The molecule has 3 N–H and O–H groups in total. The molecule has 0 spiro atoms. The molecule has 14 nitrogen and oxygen atoms in total. The lowest BCUT2D eigenvalue weighted by Crippen LogP contribution is -2.57. The molecule has 0 atom stereocenters. The van der Waals surface area contributed by atoms with E-state index in [-0.39, 0.29) is 47.2 Å². The van der Waals surface area contributed by atoms with Gasteiger partial charge in [0.1, 0.15) is 17.5 Å². The number of ether oxygens (including phenoxy) is 2. The molecule has 0 aromatic carbocycles. The van der Waals surface area contributed by atoms with Gasteiger partial charge in [-0.25, -0.2) is 9.31 Å². The van der Waals surface area contributed by atoms with Gasteiger partial charge in [-0.3, -0.25) is 9.59 Å². The molecule has 4 heterocycles. The van der Waals surface area contributed by atoms with Crippen LogP contribution in [-0.4, -0.2) is 79.4 Å². The summed E-state index contributed by atoms with van der Waals surface area (Å²) in [5.74, 6) is 0.391. The van der Waals surface area contributed by atoms with Crippen molar-refractivity contribution >= 4 is 41.0 Å². The Balaban J connectivity index is 1.27. The van der Waals surface area contributed by atoms with Crippen LogP contribution in [0.2, 0.25) is 0 Å². The van der Waals surface area contributed by atoms with Crippen molar-refractivity contribution in [2.24, 2.45) is 5.92 Å². The Morgan fingerprint density at radius 3 is 2.55 bits per heavy atom. The Bertz CT molecular complexity index is 1390. The summed E-state index contributed by atoms with van der Waals surface area (Å²) in [6, 6.07) is 5.02. The van der Waals surface area contributed by atoms with Crippen LogP contribution < -0.4 is 20.7 Å². The Kier molecular flexibility index (Phi) is 6.46. The Labute approximate surface area is 218 Å². The molecule has 0 unspecified atom stereocenters. The number of carbonyl (C=O) groups is 3. The summed E-state index contributed by atoms with van der Waals surface area (Å²) in [6.45, 7) is 6.32. The van der Waals surface area contributed by atoms with Crippen molar-refractivity contribution in [3.63, 3.8) is 0 Å². The van der Waals surface area contributed by atoms with Crippen molar-refractivity contribution < 1.29 is 23.9 Å². The first-order chi connectivity index (χ1) is 18.1. The van der Waals surface area contributed by atoms with Gasteiger partial charge in [-0.15, -0.1) is 15.3 Å². The molecule has 3 amide bonds. The van der Waals surface area contributed by atoms with Crippen LogP contribution in [0.4, 0.5) is 22.2 Å². The molecule has 5 rings (SSSR count). The third-order valence-corrected chi connectivity index (χ3v) is 5.79. The van der Waals surface area contributed by atoms with Crippen LogP contribution in [0.15, 0.2) is 24.4 Å². The molecule has 1 saturated carbocycles. The summed E-state index contributed by atoms with van der Waals surface area (Å²) in [5.41, 5.74) is 0.301. The number of likely N-dealkylation sites (tertiary alicyclic amines) is 1. The van der Waals surface area contributed by atoms with Crippen molar-refractivity contribution in [3.8, 4) is 5.75 Å². The van der Waals surface area contributed by atoms with Crippen LogP contribution >= 0.6 is 0 Å². The zero-order valence-electron chi connectivity index (χ0n) is 21.5. The first-order valence-electron chi connectivity index (χ1n) is 12.3. The van der Waals surface area contributed by atoms with Gasteiger partial charge in [-0.2, -0.15) is 4.98 Å². The Morgan fingerprint density at radius 2 is 1.87 bits per heavy atom. The maximum Gasteiger partial charge on any atom is 0.410 e. The number of aromatic nitrogens is 5. The highest BCUT2D eigenvalue weighted by molar-refractivity contribution is 5.99. The van der Waals surface area contributed by atoms with E-state index in [2.05, 4.69) is 36.2 Å². The molecule has 1 aliphatic heterocycles. The Hall–Kier alpha value is -4.49. The molecule has 2 aliphatic rings. The van der Waals surface area contributed by atoms with E-state index in [4.69, 9.17) is 9.47 Å². The molecule has 200 valence electrons. The SMILES string of the molecule is CNC(=O)c1nnc(NC(=O)C2CC2)cc1Nc1nc2ccc(OC3CN(C(=O)OC(C)(C)C)C3)cn2n1. The Morgan fingerprint density at radius 1 is 1.11 bits per heavy atom. The number of anilines is 3. The third kappa shape index (κ3) is 5.74. The van der Waals surface area contributed by atoms with Crippen LogP contribution in [0.3, 0.4) is 0 Å². The van der Waals surface area contributed by atoms with Gasteiger partial charge in [0.15, 0.2) is 17.2 Å². The second-order valence-electron chi connectivity index (χ2n) is 10.2. The second-order valence-corrected chi connectivity index (χ2v) is 10.2. The second kappa shape index (κ2) is 9.76. The standard InChI is InChI=1S/C24H29N9O5/c1-24(2,3)38-23(36)32-10-15(11-32)37-14-7-8-18-28-22(31-33(18)12-14)26-16-9-17(27-20(34)13-5-6-13)29-30-19(16)21(35)25-4/h7-9,12-13,15H,5-6,10-11H2,1-4H3,(H,25,35)(H2,26,27,29,31,34). The van der Waals surface area contributed by atoms with Crippen molar-refractivity contribution in [2.45, 2.75) is 45.3 Å². The molecule has 3 aromatic heterocycles. The lowest BCUT2D eigenvalue weighted by Gasteiger charge is -2.39. The van der Waals surface area contributed by atoms with Crippen LogP contribution in [0, 0.1) is 5.92 Å². The third-order valence-electron chi connectivity index (χ3n) is 5.79. The van der Waals surface area contributed by atoms with Gasteiger partial charge < -0.3 is 30.3 Å². The van der Waals surface area contributed by atoms with E-state index in [1.807, 2.05) is 20.8 Å². The van der Waals surface area contributed by atoms with E-state index in [0.717, 1.165) is 12.8 Å². The van der Waals surface area contributed by atoms with E-state index in [0.29, 0.717) is 24.5 Å². The predicted octanol–water partition coefficient (Wildman–Crippen LogP) is 1.97. The lowest BCUT2D eigenvalue weighted by molar-refractivity contribution is -0.117. The maximum absolute atomic E-state index is 12.3. The predicted molar refractivity (Wildman–Crippen MR) is 135 cm³/mol. The highest BCUT2D eigenvalue weighted by Crippen LogP contribution is 2.30. The normalized spacial score (nSPS) is 15.5. The van der Waals surface area contributed by atoms with Crippen molar-refractivity contribution in [1.82, 2.24) is 35.0 Å². The van der Waals surface area contributed by atoms with Crippen molar-refractivity contribution in [1.29, 1.82) is 0 Å². The monoisotopic (exact) mass is 523 g/mol. The molecule has 1 aliphatic carbocycles. The molecule has 0 radical (unpaired) electrons. The summed E-state index contributed by atoms with van der Waals surface area (Å²) in [5, 5.41) is 20.6. The van der Waals surface area contributed by atoms with Gasteiger partial charge in [0, 0.05) is 19.0 Å². The average Bonchev–Trinajstić information content (AvgIpc) is 3.60. The highest BCUT2D eigenvalue weighted by Gasteiger charge is 2.35. The first kappa shape index (κ1) is 25.2.